The minimum atomic E-state index is -5.62. The van der Waals surface area contributed by atoms with E-state index in [1.54, 1.807) is 11.8 Å². The molecule has 0 saturated heterocycles. The molecule has 3 aromatic carbocycles. The second kappa shape index (κ2) is 16.3. The predicted octanol–water partition coefficient (Wildman–Crippen LogP) is 7.70. The molecule has 5 nitrogen and oxygen atoms in total. The summed E-state index contributed by atoms with van der Waals surface area (Å²) < 4.78 is 71.9. The van der Waals surface area contributed by atoms with Crippen molar-refractivity contribution in [3.05, 3.63) is 90.7 Å². The average Bonchev–Trinajstić information content (AvgIpc) is 2.90. The smallest absolute Gasteiger partial charge is 0.460 e. The number of ether oxygens (including phenoxy) is 1. The lowest BCUT2D eigenvalue weighted by Crippen LogP contribution is -2.42. The summed E-state index contributed by atoms with van der Waals surface area (Å²) in [5.41, 5.74) is 0. The molecule has 0 bridgehead atoms. The topological polar surface area (TPSA) is 69.7 Å². The van der Waals surface area contributed by atoms with Crippen molar-refractivity contribution in [3.8, 4) is 5.75 Å². The predicted molar refractivity (Wildman–Crippen MR) is 143 cm³/mol. The lowest BCUT2D eigenvalue weighted by molar-refractivity contribution is -0.161. The van der Waals surface area contributed by atoms with Gasteiger partial charge in [0.2, 0.25) is 0 Å². The van der Waals surface area contributed by atoms with Crippen LogP contribution in [0.5, 0.6) is 5.75 Å². The van der Waals surface area contributed by atoms with Crippen molar-refractivity contribution in [3.63, 3.8) is 0 Å². The lowest BCUT2D eigenvalue weighted by Gasteiger charge is -2.16. The first-order chi connectivity index (χ1) is 18.2. The Morgan fingerprint density at radius 1 is 0.789 bits per heavy atom. The minimum absolute atomic E-state index is 0.322. The maximum absolute atomic E-state index is 13.8. The summed E-state index contributed by atoms with van der Waals surface area (Å²) in [6, 6.07) is 24.1. The first-order valence-electron chi connectivity index (χ1n) is 11.7. The largest absolute Gasteiger partial charge is 0.476 e. The van der Waals surface area contributed by atoms with E-state index in [0.717, 1.165) is 43.5 Å². The molecule has 0 N–H and O–H groups in total. The summed E-state index contributed by atoms with van der Waals surface area (Å²) in [7, 11) is -5.62. The number of benzene rings is 3. The molecule has 0 aromatic heterocycles. The van der Waals surface area contributed by atoms with E-state index in [1.165, 1.54) is 9.79 Å². The highest BCUT2D eigenvalue weighted by atomic mass is 35.5. The zero-order valence-electron chi connectivity index (χ0n) is 20.4. The Labute approximate surface area is 230 Å². The number of unbranched alkanes of at least 4 members (excludes halogenated alkanes) is 4. The number of rotatable bonds is 13. The summed E-state index contributed by atoms with van der Waals surface area (Å²) in [6.45, 7) is -0.332. The molecule has 11 heteroatoms. The Kier molecular flexibility index (Phi) is 13.5. The monoisotopic (exact) mass is 588 g/mol. The Morgan fingerprint density at radius 3 is 1.82 bits per heavy atom. The summed E-state index contributed by atoms with van der Waals surface area (Å²) in [4.78, 5) is 14.0. The zero-order chi connectivity index (χ0) is 27.9. The molecule has 0 aliphatic carbocycles. The SMILES string of the molecule is O=C(OCCCCCCCCl)C(F)(F)S(=O)(=O)Oc1ccc(F)cc1.c1ccc(Sc2ccccc2)cc1. The summed E-state index contributed by atoms with van der Waals surface area (Å²) in [5, 5.41) is -4.87. The third-order valence-corrected chi connectivity index (χ3v) is 7.29. The van der Waals surface area contributed by atoms with Gasteiger partial charge < -0.3 is 8.92 Å². The average molecular weight is 589 g/mol. The van der Waals surface area contributed by atoms with E-state index in [2.05, 4.69) is 57.5 Å². The fraction of sp³-hybridized carbons (Fsp3) is 0.296. The second-order valence-electron chi connectivity index (χ2n) is 7.83. The van der Waals surface area contributed by atoms with Gasteiger partial charge in [0.25, 0.3) is 0 Å². The molecular formula is C27H28ClF3O5S2. The van der Waals surface area contributed by atoms with Crippen molar-refractivity contribution in [2.75, 3.05) is 12.5 Å². The molecule has 0 aliphatic rings. The van der Waals surface area contributed by atoms with E-state index in [1.807, 2.05) is 12.1 Å². The van der Waals surface area contributed by atoms with Crippen molar-refractivity contribution < 1.29 is 35.3 Å². The van der Waals surface area contributed by atoms with Crippen LogP contribution in [0.1, 0.15) is 32.1 Å². The third-order valence-electron chi connectivity index (χ3n) is 4.80. The summed E-state index contributed by atoms with van der Waals surface area (Å²) in [6.07, 6.45) is 3.45. The van der Waals surface area contributed by atoms with Crippen molar-refractivity contribution in [2.24, 2.45) is 0 Å². The van der Waals surface area contributed by atoms with E-state index in [-0.39, 0.29) is 6.61 Å². The number of hydrogen-bond donors (Lipinski definition) is 0. The Hall–Kier alpha value is -2.69. The number of carbonyl (C=O) groups is 1. The van der Waals surface area contributed by atoms with Gasteiger partial charge in [0, 0.05) is 15.7 Å². The van der Waals surface area contributed by atoms with E-state index < -0.39 is 32.9 Å². The van der Waals surface area contributed by atoms with Crippen LogP contribution in [0.3, 0.4) is 0 Å². The van der Waals surface area contributed by atoms with Crippen molar-refractivity contribution in [1.29, 1.82) is 0 Å². The first kappa shape index (κ1) is 31.5. The molecule has 0 heterocycles. The van der Waals surface area contributed by atoms with Gasteiger partial charge in [-0.25, -0.2) is 9.18 Å². The van der Waals surface area contributed by atoms with Crippen LogP contribution in [-0.2, 0) is 19.6 Å². The first-order valence-corrected chi connectivity index (χ1v) is 14.5. The van der Waals surface area contributed by atoms with Crippen LogP contribution >= 0.6 is 23.4 Å². The molecule has 0 unspecified atom stereocenters. The quantitative estimate of drug-likeness (QED) is 0.0882. The highest BCUT2D eigenvalue weighted by Gasteiger charge is 2.57. The van der Waals surface area contributed by atoms with Crippen LogP contribution in [-0.4, -0.2) is 32.1 Å². The molecule has 3 aromatic rings. The maximum atomic E-state index is 13.8. The highest BCUT2D eigenvalue weighted by Crippen LogP contribution is 2.28. The van der Waals surface area contributed by atoms with E-state index in [0.29, 0.717) is 18.7 Å². The molecule has 206 valence electrons. The van der Waals surface area contributed by atoms with Crippen LogP contribution in [0.15, 0.2) is 94.7 Å². The number of halogens is 4. The molecule has 0 aliphatic heterocycles. The second-order valence-corrected chi connectivity index (χ2v) is 10.9. The highest BCUT2D eigenvalue weighted by molar-refractivity contribution is 7.99. The molecule has 0 atom stereocenters. The van der Waals surface area contributed by atoms with E-state index >= 15 is 0 Å². The molecule has 0 amide bonds. The number of alkyl halides is 3. The molecule has 0 spiro atoms. The summed E-state index contributed by atoms with van der Waals surface area (Å²) in [5.74, 6) is -2.93. The number of hydrogen-bond acceptors (Lipinski definition) is 6. The molecule has 0 radical (unpaired) electrons. The minimum Gasteiger partial charge on any atom is -0.460 e. The van der Waals surface area contributed by atoms with Crippen LogP contribution in [0.4, 0.5) is 13.2 Å². The van der Waals surface area contributed by atoms with Gasteiger partial charge >= 0.3 is 21.3 Å². The van der Waals surface area contributed by atoms with Gasteiger partial charge in [-0.3, -0.25) is 0 Å². The molecule has 38 heavy (non-hydrogen) atoms. The Bertz CT molecular complexity index is 1160. The molecule has 0 fully saturated rings. The normalized spacial score (nSPS) is 11.3. The Morgan fingerprint density at radius 2 is 1.29 bits per heavy atom. The van der Waals surface area contributed by atoms with Crippen LogP contribution in [0, 0.1) is 5.82 Å². The Balaban J connectivity index is 0.000000323. The third kappa shape index (κ3) is 11.0. The van der Waals surface area contributed by atoms with E-state index in [9.17, 15) is 26.4 Å². The van der Waals surface area contributed by atoms with E-state index in [4.69, 9.17) is 11.6 Å². The van der Waals surface area contributed by atoms with Crippen molar-refractivity contribution in [1.82, 2.24) is 0 Å². The summed E-state index contributed by atoms with van der Waals surface area (Å²) >= 11 is 7.29. The fourth-order valence-corrected chi connectivity index (χ4v) is 4.64. The number of carbonyl (C=O) groups excluding carboxylic acids is 1. The molecule has 3 rings (SSSR count). The van der Waals surface area contributed by atoms with Crippen molar-refractivity contribution >= 4 is 39.5 Å². The van der Waals surface area contributed by atoms with Gasteiger partial charge in [-0.15, -0.1) is 11.6 Å². The van der Waals surface area contributed by atoms with Gasteiger partial charge in [0.1, 0.15) is 11.6 Å². The van der Waals surface area contributed by atoms with Crippen molar-refractivity contribution in [2.45, 2.75) is 47.1 Å². The van der Waals surface area contributed by atoms with Gasteiger partial charge in [-0.05, 0) is 61.4 Å². The standard InChI is InChI=1S/C15H18ClF3O5S.C12H10S/c16-10-4-2-1-3-5-11-23-14(20)15(18,19)25(21,22)24-13-8-6-12(17)7-9-13;1-3-7-11(8-4-1)13-12-9-5-2-6-10-12/h6-9H,1-5,10-11H2;1-10H. The molecule has 0 saturated carbocycles. The zero-order valence-corrected chi connectivity index (χ0v) is 22.8. The van der Waals surface area contributed by atoms with Crippen LogP contribution < -0.4 is 4.18 Å². The van der Waals surface area contributed by atoms with Crippen LogP contribution in [0.25, 0.3) is 0 Å². The van der Waals surface area contributed by atoms with Gasteiger partial charge in [-0.1, -0.05) is 67.4 Å². The fourth-order valence-electron chi connectivity index (χ4n) is 2.86. The van der Waals surface area contributed by atoms with Gasteiger partial charge in [-0.2, -0.15) is 17.2 Å². The lowest BCUT2D eigenvalue weighted by atomic mass is 10.2. The number of esters is 1. The van der Waals surface area contributed by atoms with Gasteiger partial charge in [0.15, 0.2) is 0 Å². The maximum Gasteiger partial charge on any atom is 0.476 e. The van der Waals surface area contributed by atoms with Crippen LogP contribution in [0.2, 0.25) is 0 Å². The molecular weight excluding hydrogens is 561 g/mol. The van der Waals surface area contributed by atoms with Gasteiger partial charge in [0.05, 0.1) is 6.61 Å².